The first-order valence-electron chi connectivity index (χ1n) is 17.9. The van der Waals surface area contributed by atoms with Gasteiger partial charge in [-0.2, -0.15) is 0 Å². The molecule has 0 unspecified atom stereocenters. The largest absolute Gasteiger partial charge is 0.226 e. The molecule has 0 atom stereocenters. The van der Waals surface area contributed by atoms with E-state index < -0.39 is 0 Å². The second kappa shape index (κ2) is 13.1. The molecule has 0 saturated carbocycles. The molecule has 0 N–H and O–H groups in total. The van der Waals surface area contributed by atoms with E-state index in [0.717, 1.165) is 44.0 Å². The Morgan fingerprint density at radius 2 is 0.774 bits per heavy atom. The molecule has 0 fully saturated rings. The number of hydrogen-bond donors (Lipinski definition) is 0. The van der Waals surface area contributed by atoms with Crippen molar-refractivity contribution in [3.8, 4) is 67.2 Å². The smallest absolute Gasteiger partial charge is 0.160 e. The molecule has 0 aliphatic carbocycles. The summed E-state index contributed by atoms with van der Waals surface area (Å²) in [6, 6.07) is 69.2. The Balaban J connectivity index is 1.10. The predicted molar refractivity (Wildman–Crippen MR) is 225 cm³/mol. The van der Waals surface area contributed by atoms with Crippen LogP contribution in [0.1, 0.15) is 0 Å². The highest BCUT2D eigenvalue weighted by molar-refractivity contribution is 7.27. The van der Waals surface area contributed by atoms with Gasteiger partial charge in [-0.15, -0.1) is 11.3 Å². The van der Waals surface area contributed by atoms with Gasteiger partial charge in [-0.05, 0) is 85.6 Å². The fraction of sp³-hybridized carbons (Fsp3) is 0. The molecule has 3 heteroatoms. The lowest BCUT2D eigenvalue weighted by molar-refractivity contribution is 1.24. The lowest BCUT2D eigenvalue weighted by Gasteiger charge is -2.13. The maximum Gasteiger partial charge on any atom is 0.160 e. The van der Waals surface area contributed by atoms with Crippen molar-refractivity contribution in [3.63, 3.8) is 0 Å². The number of thiophene rings is 1. The zero-order chi connectivity index (χ0) is 35.1. The first-order chi connectivity index (χ1) is 26.2. The molecule has 0 aliphatic heterocycles. The minimum Gasteiger partial charge on any atom is -0.226 e. The van der Waals surface area contributed by atoms with Gasteiger partial charge >= 0.3 is 0 Å². The molecule has 0 spiro atoms. The monoisotopic (exact) mass is 692 g/mol. The number of aromatic nitrogens is 2. The van der Waals surface area contributed by atoms with Crippen molar-refractivity contribution in [1.82, 2.24) is 9.97 Å². The molecule has 8 aromatic carbocycles. The normalized spacial score (nSPS) is 11.4. The third-order valence-electron chi connectivity index (χ3n) is 10.0. The van der Waals surface area contributed by atoms with Crippen LogP contribution >= 0.6 is 11.3 Å². The molecule has 10 aromatic rings. The van der Waals surface area contributed by atoms with E-state index in [9.17, 15) is 0 Å². The predicted octanol–water partition coefficient (Wildman–Crippen LogP) is 14.0. The van der Waals surface area contributed by atoms with E-state index in [0.29, 0.717) is 0 Å². The lowest BCUT2D eigenvalue weighted by Crippen LogP contribution is -1.94. The van der Waals surface area contributed by atoms with Gasteiger partial charge in [-0.25, -0.2) is 9.97 Å². The van der Waals surface area contributed by atoms with Crippen molar-refractivity contribution in [2.45, 2.75) is 0 Å². The number of nitrogens with zero attached hydrogens (tertiary/aromatic N) is 2. The third kappa shape index (κ3) is 5.78. The summed E-state index contributed by atoms with van der Waals surface area (Å²) in [4.78, 5) is 10.6. The van der Waals surface area contributed by atoms with Crippen LogP contribution in [0.3, 0.4) is 0 Å². The first-order valence-corrected chi connectivity index (χ1v) is 18.7. The number of benzene rings is 8. The van der Waals surface area contributed by atoms with Gasteiger partial charge in [0.05, 0.1) is 15.9 Å². The van der Waals surface area contributed by atoms with Crippen LogP contribution in [0.5, 0.6) is 0 Å². The second-order valence-corrected chi connectivity index (χ2v) is 14.4. The Morgan fingerprint density at radius 3 is 1.42 bits per heavy atom. The summed E-state index contributed by atoms with van der Waals surface area (Å²) in [6.07, 6.45) is 0. The maximum atomic E-state index is 5.30. The van der Waals surface area contributed by atoms with Crippen LogP contribution in [0.15, 0.2) is 194 Å². The zero-order valence-corrected chi connectivity index (χ0v) is 29.6. The standard InChI is InChI=1S/C50H32N2S/c1-4-14-33(15-5-1)41-30-42(34-16-6-2-7-17-34)32-43(31-41)39-23-12-21-37(28-39)38-22-13-24-40(29-38)50-51-46(36-19-8-3-9-20-36)49-47(52-50)45-27-26-35-18-10-11-25-44(35)48(45)53-49/h1-32H. The van der Waals surface area contributed by atoms with E-state index in [4.69, 9.17) is 9.97 Å². The molecule has 0 amide bonds. The number of rotatable bonds is 6. The summed E-state index contributed by atoms with van der Waals surface area (Å²) in [5, 5.41) is 3.65. The Hall–Kier alpha value is -6.68. The van der Waals surface area contributed by atoms with E-state index in [1.807, 2.05) is 0 Å². The van der Waals surface area contributed by atoms with Gasteiger partial charge in [0.1, 0.15) is 0 Å². The van der Waals surface area contributed by atoms with Crippen molar-refractivity contribution in [2.75, 3.05) is 0 Å². The zero-order valence-electron chi connectivity index (χ0n) is 28.8. The van der Waals surface area contributed by atoms with E-state index in [-0.39, 0.29) is 0 Å². The highest BCUT2D eigenvalue weighted by atomic mass is 32.1. The summed E-state index contributed by atoms with van der Waals surface area (Å²) in [5.41, 5.74) is 13.5. The number of hydrogen-bond acceptors (Lipinski definition) is 3. The molecule has 0 aliphatic rings. The summed E-state index contributed by atoms with van der Waals surface area (Å²) in [7, 11) is 0. The first kappa shape index (κ1) is 31.1. The van der Waals surface area contributed by atoms with Gasteiger partial charge in [-0.1, -0.05) is 164 Å². The molecular weight excluding hydrogens is 661 g/mol. The Bertz CT molecular complexity index is 2870. The molecule has 0 saturated heterocycles. The molecule has 248 valence electrons. The van der Waals surface area contributed by atoms with Crippen LogP contribution in [0.2, 0.25) is 0 Å². The summed E-state index contributed by atoms with van der Waals surface area (Å²) >= 11 is 1.79. The van der Waals surface area contributed by atoms with Crippen molar-refractivity contribution in [2.24, 2.45) is 0 Å². The van der Waals surface area contributed by atoms with Crippen LogP contribution < -0.4 is 0 Å². The average Bonchev–Trinajstić information content (AvgIpc) is 3.63. The van der Waals surface area contributed by atoms with Gasteiger partial charge in [0.15, 0.2) is 5.82 Å². The minimum atomic E-state index is 0.727. The molecule has 53 heavy (non-hydrogen) atoms. The molecule has 0 radical (unpaired) electrons. The molecular formula is C50H32N2S. The Morgan fingerprint density at radius 1 is 0.302 bits per heavy atom. The van der Waals surface area contributed by atoms with Crippen molar-refractivity contribution >= 4 is 42.4 Å². The summed E-state index contributed by atoms with van der Waals surface area (Å²) in [6.45, 7) is 0. The molecule has 10 rings (SSSR count). The average molecular weight is 693 g/mol. The van der Waals surface area contributed by atoms with Crippen molar-refractivity contribution < 1.29 is 0 Å². The molecule has 2 aromatic heterocycles. The molecule has 2 heterocycles. The van der Waals surface area contributed by atoms with Crippen LogP contribution in [0.4, 0.5) is 0 Å². The fourth-order valence-electron chi connectivity index (χ4n) is 7.40. The minimum absolute atomic E-state index is 0.727. The van der Waals surface area contributed by atoms with E-state index in [1.165, 1.54) is 54.2 Å². The molecule has 0 bridgehead atoms. The van der Waals surface area contributed by atoms with E-state index >= 15 is 0 Å². The topological polar surface area (TPSA) is 25.8 Å². The highest BCUT2D eigenvalue weighted by Crippen LogP contribution is 2.42. The Labute approximate surface area is 312 Å². The van der Waals surface area contributed by atoms with Gasteiger partial charge in [0, 0.05) is 21.2 Å². The van der Waals surface area contributed by atoms with Gasteiger partial charge < -0.3 is 0 Å². The number of fused-ring (bicyclic) bond motifs is 5. The van der Waals surface area contributed by atoms with Crippen molar-refractivity contribution in [1.29, 1.82) is 0 Å². The van der Waals surface area contributed by atoms with Crippen molar-refractivity contribution in [3.05, 3.63) is 194 Å². The summed E-state index contributed by atoms with van der Waals surface area (Å²) < 4.78 is 2.36. The van der Waals surface area contributed by atoms with Crippen LogP contribution in [0.25, 0.3) is 98.2 Å². The highest BCUT2D eigenvalue weighted by Gasteiger charge is 2.18. The fourth-order valence-corrected chi connectivity index (χ4v) is 8.68. The Kier molecular flexibility index (Phi) is 7.71. The van der Waals surface area contributed by atoms with Crippen LogP contribution in [-0.2, 0) is 0 Å². The maximum absolute atomic E-state index is 5.30. The van der Waals surface area contributed by atoms with Gasteiger partial charge in [-0.3, -0.25) is 0 Å². The lowest BCUT2D eigenvalue weighted by atomic mass is 9.92. The quantitative estimate of drug-likeness (QED) is 0.173. The second-order valence-electron chi connectivity index (χ2n) is 13.4. The SMILES string of the molecule is c1ccc(-c2cc(-c3ccccc3)cc(-c3cccc(-c4cccc(-c5nc(-c6ccccc6)c6sc7c8ccccc8ccc7c6n5)c4)c3)c2)cc1. The van der Waals surface area contributed by atoms with Crippen LogP contribution in [-0.4, -0.2) is 9.97 Å². The van der Waals surface area contributed by atoms with E-state index in [2.05, 4.69) is 194 Å². The van der Waals surface area contributed by atoms with Gasteiger partial charge in [0.2, 0.25) is 0 Å². The summed E-state index contributed by atoms with van der Waals surface area (Å²) in [5.74, 6) is 0.727. The third-order valence-corrected chi connectivity index (χ3v) is 11.3. The van der Waals surface area contributed by atoms with E-state index in [1.54, 1.807) is 11.3 Å². The molecule has 2 nitrogen and oxygen atoms in total. The van der Waals surface area contributed by atoms with Crippen LogP contribution in [0, 0.1) is 0 Å². The van der Waals surface area contributed by atoms with Gasteiger partial charge in [0.25, 0.3) is 0 Å².